The van der Waals surface area contributed by atoms with Crippen molar-refractivity contribution < 1.29 is 0 Å². The van der Waals surface area contributed by atoms with Gasteiger partial charge in [0.25, 0.3) is 0 Å². The second-order valence-corrected chi connectivity index (χ2v) is 4.39. The molecule has 5 nitrogen and oxygen atoms in total. The highest BCUT2D eigenvalue weighted by Crippen LogP contribution is 2.33. The number of nitrogens with one attached hydrogen (secondary N) is 2. The van der Waals surface area contributed by atoms with Crippen LogP contribution in [-0.2, 0) is 0 Å². The van der Waals surface area contributed by atoms with E-state index in [9.17, 15) is 0 Å². The first-order chi connectivity index (χ1) is 8.75. The standard InChI is InChI=1S/C11H7Cl2N5/c12-7-2-1-3-8(13)9(7)17-10-6-4-16-18-11(6)15-5-14-10/h1-5H,(H2,14,15,16,17,18). The van der Waals surface area contributed by atoms with Crippen molar-refractivity contribution in [3.8, 4) is 0 Å². The number of aromatic amines is 1. The molecule has 0 saturated heterocycles. The van der Waals surface area contributed by atoms with E-state index in [0.717, 1.165) is 5.39 Å². The Labute approximate surface area is 112 Å². The molecule has 0 radical (unpaired) electrons. The second-order valence-electron chi connectivity index (χ2n) is 3.58. The van der Waals surface area contributed by atoms with E-state index in [1.807, 2.05) is 0 Å². The van der Waals surface area contributed by atoms with Crippen molar-refractivity contribution in [3.05, 3.63) is 40.8 Å². The van der Waals surface area contributed by atoms with Crippen molar-refractivity contribution in [1.82, 2.24) is 20.2 Å². The van der Waals surface area contributed by atoms with E-state index in [1.165, 1.54) is 6.33 Å². The van der Waals surface area contributed by atoms with Gasteiger partial charge in [-0.2, -0.15) is 5.10 Å². The summed E-state index contributed by atoms with van der Waals surface area (Å²) in [5.41, 5.74) is 1.26. The van der Waals surface area contributed by atoms with Crippen LogP contribution in [0.3, 0.4) is 0 Å². The van der Waals surface area contributed by atoms with Crippen LogP contribution in [0.4, 0.5) is 11.5 Å². The Balaban J connectivity index is 2.09. The van der Waals surface area contributed by atoms with E-state index >= 15 is 0 Å². The van der Waals surface area contributed by atoms with Gasteiger partial charge in [0.05, 0.1) is 27.3 Å². The van der Waals surface area contributed by atoms with Crippen LogP contribution < -0.4 is 5.32 Å². The van der Waals surface area contributed by atoms with E-state index in [4.69, 9.17) is 23.2 Å². The Bertz CT molecular complexity index is 689. The monoisotopic (exact) mass is 279 g/mol. The topological polar surface area (TPSA) is 66.5 Å². The minimum atomic E-state index is 0.526. The summed E-state index contributed by atoms with van der Waals surface area (Å²) in [6.45, 7) is 0. The number of para-hydroxylation sites is 1. The first-order valence-corrected chi connectivity index (χ1v) is 5.86. The highest BCUT2D eigenvalue weighted by molar-refractivity contribution is 6.39. The summed E-state index contributed by atoms with van der Waals surface area (Å²) in [5.74, 6) is 0.601. The van der Waals surface area contributed by atoms with Gasteiger partial charge in [0.1, 0.15) is 12.1 Å². The molecule has 90 valence electrons. The molecular weight excluding hydrogens is 273 g/mol. The molecule has 7 heteroatoms. The Kier molecular flexibility index (Phi) is 2.77. The van der Waals surface area contributed by atoms with Gasteiger partial charge < -0.3 is 5.32 Å². The smallest absolute Gasteiger partial charge is 0.160 e. The maximum absolute atomic E-state index is 6.09. The highest BCUT2D eigenvalue weighted by atomic mass is 35.5. The largest absolute Gasteiger partial charge is 0.337 e. The zero-order chi connectivity index (χ0) is 12.5. The lowest BCUT2D eigenvalue weighted by atomic mass is 10.3. The number of halogens is 2. The number of benzene rings is 1. The third-order valence-electron chi connectivity index (χ3n) is 2.45. The summed E-state index contributed by atoms with van der Waals surface area (Å²) < 4.78 is 0. The van der Waals surface area contributed by atoms with Gasteiger partial charge in [-0.15, -0.1) is 0 Å². The number of rotatable bonds is 2. The number of hydrogen-bond donors (Lipinski definition) is 2. The van der Waals surface area contributed by atoms with Gasteiger partial charge in [-0.1, -0.05) is 29.3 Å². The van der Waals surface area contributed by atoms with Crippen molar-refractivity contribution >= 4 is 45.7 Å². The third kappa shape index (κ3) is 1.87. The Hall–Kier alpha value is -1.85. The zero-order valence-corrected chi connectivity index (χ0v) is 10.5. The predicted molar refractivity (Wildman–Crippen MR) is 71.4 cm³/mol. The van der Waals surface area contributed by atoms with Crippen LogP contribution in [0.1, 0.15) is 0 Å². The van der Waals surface area contributed by atoms with Gasteiger partial charge in [-0.05, 0) is 12.1 Å². The van der Waals surface area contributed by atoms with Crippen molar-refractivity contribution in [2.24, 2.45) is 0 Å². The summed E-state index contributed by atoms with van der Waals surface area (Å²) >= 11 is 12.2. The van der Waals surface area contributed by atoms with E-state index in [0.29, 0.717) is 27.2 Å². The van der Waals surface area contributed by atoms with Crippen LogP contribution >= 0.6 is 23.2 Å². The van der Waals surface area contributed by atoms with E-state index in [2.05, 4.69) is 25.5 Å². The molecule has 2 aromatic heterocycles. The van der Waals surface area contributed by atoms with Gasteiger partial charge in [0.2, 0.25) is 0 Å². The molecule has 0 aliphatic rings. The van der Waals surface area contributed by atoms with Crippen LogP contribution in [0.25, 0.3) is 11.0 Å². The molecule has 2 N–H and O–H groups in total. The molecule has 18 heavy (non-hydrogen) atoms. The number of nitrogens with zero attached hydrogens (tertiary/aromatic N) is 3. The highest BCUT2D eigenvalue weighted by Gasteiger charge is 2.10. The van der Waals surface area contributed by atoms with E-state index < -0.39 is 0 Å². The quantitative estimate of drug-likeness (QED) is 0.755. The van der Waals surface area contributed by atoms with Crippen LogP contribution in [0.5, 0.6) is 0 Å². The molecule has 0 amide bonds. The number of fused-ring (bicyclic) bond motifs is 1. The van der Waals surface area contributed by atoms with Crippen LogP contribution in [0, 0.1) is 0 Å². The van der Waals surface area contributed by atoms with Gasteiger partial charge in [0, 0.05) is 0 Å². The third-order valence-corrected chi connectivity index (χ3v) is 3.08. The molecule has 3 rings (SSSR count). The lowest BCUT2D eigenvalue weighted by Gasteiger charge is -2.09. The fourth-order valence-corrected chi connectivity index (χ4v) is 2.09. The zero-order valence-electron chi connectivity index (χ0n) is 8.98. The summed E-state index contributed by atoms with van der Waals surface area (Å²) in [6, 6.07) is 5.29. The number of anilines is 2. The maximum Gasteiger partial charge on any atom is 0.160 e. The van der Waals surface area contributed by atoms with Gasteiger partial charge in [0.15, 0.2) is 5.65 Å². The summed E-state index contributed by atoms with van der Waals surface area (Å²) in [4.78, 5) is 8.21. The summed E-state index contributed by atoms with van der Waals surface area (Å²) in [7, 11) is 0. The second kappa shape index (κ2) is 4.44. The number of aromatic nitrogens is 4. The SMILES string of the molecule is Clc1cccc(Cl)c1Nc1ncnc2[nH]ncc12. The minimum absolute atomic E-state index is 0.526. The van der Waals surface area contributed by atoms with Crippen LogP contribution in [0.15, 0.2) is 30.7 Å². The fourth-order valence-electron chi connectivity index (χ4n) is 1.60. The molecule has 0 saturated carbocycles. The molecule has 1 aromatic carbocycles. The lowest BCUT2D eigenvalue weighted by Crippen LogP contribution is -1.96. The molecule has 2 heterocycles. The number of H-pyrrole nitrogens is 1. The molecule has 0 bridgehead atoms. The Morgan fingerprint density at radius 2 is 1.89 bits per heavy atom. The maximum atomic E-state index is 6.09. The molecule has 0 fully saturated rings. The Morgan fingerprint density at radius 3 is 2.67 bits per heavy atom. The van der Waals surface area contributed by atoms with Crippen LogP contribution in [-0.4, -0.2) is 20.2 Å². The van der Waals surface area contributed by atoms with E-state index in [1.54, 1.807) is 24.4 Å². The van der Waals surface area contributed by atoms with Gasteiger partial charge >= 0.3 is 0 Å². The van der Waals surface area contributed by atoms with E-state index in [-0.39, 0.29) is 0 Å². The minimum Gasteiger partial charge on any atom is -0.337 e. The van der Waals surface area contributed by atoms with Crippen molar-refractivity contribution in [1.29, 1.82) is 0 Å². The Morgan fingerprint density at radius 1 is 1.11 bits per heavy atom. The number of hydrogen-bond acceptors (Lipinski definition) is 4. The summed E-state index contributed by atoms with van der Waals surface area (Å²) in [6.07, 6.45) is 3.08. The summed E-state index contributed by atoms with van der Waals surface area (Å²) in [5, 5.41) is 11.6. The molecule has 0 atom stereocenters. The molecular formula is C11H7Cl2N5. The molecule has 0 unspecified atom stereocenters. The normalized spacial score (nSPS) is 10.8. The molecule has 0 aliphatic heterocycles. The van der Waals surface area contributed by atoms with Crippen LogP contribution in [0.2, 0.25) is 10.0 Å². The fraction of sp³-hybridized carbons (Fsp3) is 0. The molecule has 0 spiro atoms. The first kappa shape index (κ1) is 11.3. The molecule has 3 aromatic rings. The average molecular weight is 280 g/mol. The van der Waals surface area contributed by atoms with Gasteiger partial charge in [-0.25, -0.2) is 9.97 Å². The first-order valence-electron chi connectivity index (χ1n) is 5.11. The molecule has 0 aliphatic carbocycles. The van der Waals surface area contributed by atoms with Gasteiger partial charge in [-0.3, -0.25) is 5.10 Å². The lowest BCUT2D eigenvalue weighted by molar-refractivity contribution is 1.09. The van der Waals surface area contributed by atoms with Crippen molar-refractivity contribution in [2.45, 2.75) is 0 Å². The van der Waals surface area contributed by atoms with Crippen molar-refractivity contribution in [2.75, 3.05) is 5.32 Å². The average Bonchev–Trinajstić information content (AvgIpc) is 2.83. The van der Waals surface area contributed by atoms with Crippen molar-refractivity contribution in [3.63, 3.8) is 0 Å². The predicted octanol–water partition coefficient (Wildman–Crippen LogP) is 3.40.